The van der Waals surface area contributed by atoms with E-state index in [1.807, 2.05) is 36.6 Å². The Balaban J connectivity index is 1.92. The lowest BCUT2D eigenvalue weighted by Gasteiger charge is -2.07. The molecule has 1 aromatic carbocycles. The van der Waals surface area contributed by atoms with Crippen molar-refractivity contribution in [2.75, 3.05) is 0 Å². The van der Waals surface area contributed by atoms with Crippen LogP contribution >= 0.6 is 0 Å². The van der Waals surface area contributed by atoms with Crippen molar-refractivity contribution in [1.29, 1.82) is 0 Å². The third-order valence-electron chi connectivity index (χ3n) is 4.26. The molecule has 0 saturated heterocycles. The van der Waals surface area contributed by atoms with Gasteiger partial charge in [0.25, 0.3) is 0 Å². The lowest BCUT2D eigenvalue weighted by atomic mass is 10.0. The number of rotatable bonds is 4. The first-order valence-electron chi connectivity index (χ1n) is 8.29. The summed E-state index contributed by atoms with van der Waals surface area (Å²) < 4.78 is 20.5. The Bertz CT molecular complexity index is 1070. The summed E-state index contributed by atoms with van der Waals surface area (Å²) in [5.74, 6) is 1.07. The minimum absolute atomic E-state index is 0.205. The zero-order valence-electron chi connectivity index (χ0n) is 14.3. The molecule has 0 aliphatic heterocycles. The first-order chi connectivity index (χ1) is 12.6. The number of nitrogens with zero attached hydrogens (tertiary/aromatic N) is 4. The van der Waals surface area contributed by atoms with Crippen molar-refractivity contribution in [3.05, 3.63) is 60.0 Å². The maximum absolute atomic E-state index is 13.3. The Morgan fingerprint density at radius 3 is 2.50 bits per heavy atom. The van der Waals surface area contributed by atoms with Gasteiger partial charge in [0.1, 0.15) is 23.9 Å². The molecule has 0 atom stereocenters. The van der Waals surface area contributed by atoms with Gasteiger partial charge in [0, 0.05) is 23.2 Å². The Kier molecular flexibility index (Phi) is 4.00. The van der Waals surface area contributed by atoms with E-state index < -0.39 is 0 Å². The number of hydrogen-bond donors (Lipinski definition) is 1. The normalized spacial score (nSPS) is 11.6. The molecule has 0 aliphatic rings. The van der Waals surface area contributed by atoms with Gasteiger partial charge >= 0.3 is 0 Å². The maximum atomic E-state index is 13.3. The van der Waals surface area contributed by atoms with Crippen LogP contribution in [0.15, 0.2) is 47.1 Å². The average molecular weight is 352 g/mol. The fourth-order valence-corrected chi connectivity index (χ4v) is 2.98. The summed E-state index contributed by atoms with van der Waals surface area (Å²) >= 11 is 0. The van der Waals surface area contributed by atoms with Crippen LogP contribution in [0.2, 0.25) is 0 Å². The van der Waals surface area contributed by atoms with Crippen LogP contribution in [0.1, 0.15) is 31.4 Å². The van der Waals surface area contributed by atoms with Crippen LogP contribution in [0.25, 0.3) is 28.0 Å². The smallest absolute Gasteiger partial charge is 0.170 e. The molecular weight excluding hydrogens is 335 g/mol. The molecule has 0 unspecified atom stereocenters. The van der Waals surface area contributed by atoms with E-state index in [1.54, 1.807) is 12.1 Å². The molecule has 7 heteroatoms. The van der Waals surface area contributed by atoms with Crippen LogP contribution in [-0.2, 0) is 6.61 Å². The number of benzene rings is 1. The summed E-state index contributed by atoms with van der Waals surface area (Å²) in [7, 11) is 0. The highest BCUT2D eigenvalue weighted by Crippen LogP contribution is 2.35. The van der Waals surface area contributed by atoms with Crippen molar-refractivity contribution in [3.63, 3.8) is 0 Å². The number of pyridine rings is 1. The summed E-state index contributed by atoms with van der Waals surface area (Å²) in [4.78, 5) is 0. The number of hydrogen-bond acceptors (Lipinski definition) is 5. The highest BCUT2D eigenvalue weighted by atomic mass is 19.1. The van der Waals surface area contributed by atoms with E-state index in [0.717, 1.165) is 17.0 Å². The van der Waals surface area contributed by atoms with Crippen LogP contribution in [0.3, 0.4) is 0 Å². The highest BCUT2D eigenvalue weighted by Gasteiger charge is 2.20. The van der Waals surface area contributed by atoms with Crippen molar-refractivity contribution in [1.82, 2.24) is 19.8 Å². The van der Waals surface area contributed by atoms with Gasteiger partial charge in [-0.05, 0) is 36.4 Å². The SMILES string of the molecule is CC(C)c1nnc2ccc(-c3c(-c4ccc(F)cc4)noc3CO)cn12. The first-order valence-corrected chi connectivity index (χ1v) is 8.29. The summed E-state index contributed by atoms with van der Waals surface area (Å²) in [6.07, 6.45) is 1.91. The van der Waals surface area contributed by atoms with Crippen LogP contribution in [0, 0.1) is 5.82 Å². The van der Waals surface area contributed by atoms with Crippen molar-refractivity contribution in [3.8, 4) is 22.4 Å². The summed E-state index contributed by atoms with van der Waals surface area (Å²) in [5, 5.41) is 22.2. The topological polar surface area (TPSA) is 76.5 Å². The molecule has 4 aromatic rings. The molecule has 26 heavy (non-hydrogen) atoms. The number of aromatic nitrogens is 4. The Morgan fingerprint density at radius 2 is 1.81 bits per heavy atom. The molecule has 0 spiro atoms. The Labute approximate surface area is 148 Å². The number of aliphatic hydroxyl groups excluding tert-OH is 1. The van der Waals surface area contributed by atoms with Crippen LogP contribution < -0.4 is 0 Å². The number of halogens is 1. The minimum Gasteiger partial charge on any atom is -0.388 e. The molecule has 132 valence electrons. The number of aliphatic hydroxyl groups is 1. The van der Waals surface area contributed by atoms with Gasteiger partial charge in [0.2, 0.25) is 0 Å². The van der Waals surface area contributed by atoms with Gasteiger partial charge in [-0.1, -0.05) is 19.0 Å². The Hall–Kier alpha value is -3.06. The highest BCUT2D eigenvalue weighted by molar-refractivity contribution is 5.82. The largest absolute Gasteiger partial charge is 0.388 e. The van der Waals surface area contributed by atoms with Gasteiger partial charge < -0.3 is 9.63 Å². The lowest BCUT2D eigenvalue weighted by molar-refractivity contribution is 0.230. The fraction of sp³-hybridized carbons (Fsp3) is 0.211. The standard InChI is InChI=1S/C19H17FN4O2/c1-11(2)19-22-21-16-8-5-13(9-24(16)19)17-15(10-25)26-23-18(17)12-3-6-14(20)7-4-12/h3-9,11,25H,10H2,1-2H3. The molecule has 0 fully saturated rings. The maximum Gasteiger partial charge on any atom is 0.170 e. The van der Waals surface area contributed by atoms with Gasteiger partial charge in [-0.15, -0.1) is 10.2 Å². The van der Waals surface area contributed by atoms with Crippen molar-refractivity contribution in [2.45, 2.75) is 26.4 Å². The molecule has 0 aliphatic carbocycles. The van der Waals surface area contributed by atoms with Gasteiger partial charge in [-0.2, -0.15) is 0 Å². The number of fused-ring (bicyclic) bond motifs is 1. The first kappa shape index (κ1) is 16.4. The monoisotopic (exact) mass is 352 g/mol. The lowest BCUT2D eigenvalue weighted by Crippen LogP contribution is -1.98. The van der Waals surface area contributed by atoms with E-state index in [-0.39, 0.29) is 18.3 Å². The molecule has 0 bridgehead atoms. The summed E-state index contributed by atoms with van der Waals surface area (Å²) in [6.45, 7) is 3.80. The molecule has 0 radical (unpaired) electrons. The van der Waals surface area contributed by atoms with E-state index in [4.69, 9.17) is 4.52 Å². The Morgan fingerprint density at radius 1 is 1.08 bits per heavy atom. The second kappa shape index (κ2) is 6.34. The van der Waals surface area contributed by atoms with Crippen LogP contribution in [-0.4, -0.2) is 24.9 Å². The predicted molar refractivity (Wildman–Crippen MR) is 93.9 cm³/mol. The van der Waals surface area contributed by atoms with E-state index in [0.29, 0.717) is 22.6 Å². The van der Waals surface area contributed by atoms with Crippen molar-refractivity contribution >= 4 is 5.65 Å². The van der Waals surface area contributed by atoms with E-state index in [1.165, 1.54) is 12.1 Å². The molecule has 3 aromatic heterocycles. The molecular formula is C19H17FN4O2. The second-order valence-corrected chi connectivity index (χ2v) is 6.35. The molecule has 1 N–H and O–H groups in total. The fourth-order valence-electron chi connectivity index (χ4n) is 2.98. The molecule has 0 saturated carbocycles. The predicted octanol–water partition coefficient (Wildman–Crippen LogP) is 3.81. The van der Waals surface area contributed by atoms with Crippen molar-refractivity contribution < 1.29 is 14.0 Å². The van der Waals surface area contributed by atoms with Gasteiger partial charge in [0.15, 0.2) is 11.4 Å². The summed E-state index contributed by atoms with van der Waals surface area (Å²) in [5.41, 5.74) is 3.47. The molecule has 0 amide bonds. The summed E-state index contributed by atoms with van der Waals surface area (Å²) in [6, 6.07) is 9.74. The third-order valence-corrected chi connectivity index (χ3v) is 4.26. The van der Waals surface area contributed by atoms with Crippen LogP contribution in [0.4, 0.5) is 4.39 Å². The molecule has 4 rings (SSSR count). The van der Waals surface area contributed by atoms with E-state index in [2.05, 4.69) is 15.4 Å². The van der Waals surface area contributed by atoms with E-state index >= 15 is 0 Å². The minimum atomic E-state index is -0.325. The van der Waals surface area contributed by atoms with Gasteiger partial charge in [-0.3, -0.25) is 4.40 Å². The third kappa shape index (κ3) is 2.66. The zero-order valence-corrected chi connectivity index (χ0v) is 14.3. The van der Waals surface area contributed by atoms with Crippen LogP contribution in [0.5, 0.6) is 0 Å². The zero-order chi connectivity index (χ0) is 18.3. The molecule has 3 heterocycles. The second-order valence-electron chi connectivity index (χ2n) is 6.35. The van der Waals surface area contributed by atoms with E-state index in [9.17, 15) is 9.50 Å². The van der Waals surface area contributed by atoms with Gasteiger partial charge in [-0.25, -0.2) is 4.39 Å². The quantitative estimate of drug-likeness (QED) is 0.604. The average Bonchev–Trinajstić information content (AvgIpc) is 3.25. The van der Waals surface area contributed by atoms with Gasteiger partial charge in [0.05, 0.1) is 5.56 Å². The molecule has 6 nitrogen and oxygen atoms in total. The van der Waals surface area contributed by atoms with Crippen molar-refractivity contribution in [2.24, 2.45) is 0 Å².